The van der Waals surface area contributed by atoms with E-state index in [1.54, 1.807) is 30.1 Å². The molecule has 4 nitrogen and oxygen atoms in total. The Kier molecular flexibility index (Phi) is 4.56. The summed E-state index contributed by atoms with van der Waals surface area (Å²) in [6.45, 7) is 2.19. The second kappa shape index (κ2) is 6.71. The van der Waals surface area contributed by atoms with Gasteiger partial charge in [0.05, 0.1) is 21.8 Å². The molecule has 1 saturated heterocycles. The van der Waals surface area contributed by atoms with Gasteiger partial charge in [0.1, 0.15) is 6.04 Å². The fourth-order valence-electron chi connectivity index (χ4n) is 3.47. The Morgan fingerprint density at radius 3 is 2.68 bits per heavy atom. The van der Waals surface area contributed by atoms with Crippen LogP contribution in [0.3, 0.4) is 0 Å². The van der Waals surface area contributed by atoms with Crippen LogP contribution in [0.1, 0.15) is 36.7 Å². The zero-order chi connectivity index (χ0) is 17.6. The maximum atomic E-state index is 9.92. The summed E-state index contributed by atoms with van der Waals surface area (Å²) in [6.07, 6.45) is 2.83. The first-order valence-electron chi connectivity index (χ1n) is 8.18. The van der Waals surface area contributed by atoms with Gasteiger partial charge in [0.2, 0.25) is 0 Å². The minimum atomic E-state index is -0.116. The number of hydrogen-bond acceptors (Lipinski definition) is 5. The van der Waals surface area contributed by atoms with Crippen LogP contribution in [0.25, 0.3) is 0 Å². The molecule has 0 unspecified atom stereocenters. The number of thioether (sulfide) groups is 1. The molecule has 0 saturated carbocycles. The number of halogens is 2. The minimum Gasteiger partial charge on any atom is -0.505 e. The number of rotatable bonds is 3. The smallest absolute Gasteiger partial charge is 0.160 e. The Morgan fingerprint density at radius 1 is 1.28 bits per heavy atom. The molecule has 25 heavy (non-hydrogen) atoms. The number of nitrogens with zero attached hydrogens (tertiary/aromatic N) is 3. The lowest BCUT2D eigenvalue weighted by molar-refractivity contribution is 0.255. The number of phenols is 1. The lowest BCUT2D eigenvalue weighted by atomic mass is 9.95. The molecule has 2 aromatic rings. The van der Waals surface area contributed by atoms with Crippen molar-refractivity contribution in [2.75, 3.05) is 5.75 Å². The third kappa shape index (κ3) is 2.88. The van der Waals surface area contributed by atoms with Crippen molar-refractivity contribution in [2.45, 2.75) is 31.5 Å². The Hall–Kier alpha value is -1.43. The van der Waals surface area contributed by atoms with Crippen LogP contribution in [0, 0.1) is 0 Å². The third-order valence-corrected chi connectivity index (χ3v) is 6.41. The Morgan fingerprint density at radius 2 is 2.04 bits per heavy atom. The highest BCUT2D eigenvalue weighted by atomic mass is 35.5. The molecule has 0 amide bonds. The van der Waals surface area contributed by atoms with E-state index in [9.17, 15) is 5.11 Å². The second-order valence-corrected chi connectivity index (χ2v) is 7.97. The molecule has 0 radical (unpaired) electrons. The highest BCUT2D eigenvalue weighted by Crippen LogP contribution is 2.50. The van der Waals surface area contributed by atoms with Gasteiger partial charge in [-0.2, -0.15) is 0 Å². The van der Waals surface area contributed by atoms with Crippen LogP contribution in [-0.2, 0) is 0 Å². The number of benzene rings is 1. The Labute approximate surface area is 160 Å². The van der Waals surface area contributed by atoms with E-state index in [0.29, 0.717) is 6.04 Å². The number of aromatic hydroxyl groups is 1. The van der Waals surface area contributed by atoms with Gasteiger partial charge in [-0.1, -0.05) is 48.0 Å². The summed E-state index contributed by atoms with van der Waals surface area (Å²) in [7, 11) is 0. The molecule has 3 atom stereocenters. The van der Waals surface area contributed by atoms with Gasteiger partial charge in [-0.3, -0.25) is 9.98 Å². The van der Waals surface area contributed by atoms with E-state index in [1.165, 1.54) is 0 Å². The molecule has 2 aliphatic rings. The maximum Gasteiger partial charge on any atom is 0.160 e. The summed E-state index contributed by atoms with van der Waals surface area (Å²) in [6, 6.07) is 9.72. The molecule has 1 aromatic heterocycles. The fourth-order valence-corrected chi connectivity index (χ4v) is 5.31. The van der Waals surface area contributed by atoms with Crippen LogP contribution < -0.4 is 0 Å². The summed E-state index contributed by atoms with van der Waals surface area (Å²) < 4.78 is 0. The molecule has 0 aliphatic carbocycles. The molecular weight excluding hydrogens is 377 g/mol. The van der Waals surface area contributed by atoms with E-state index in [0.717, 1.165) is 28.6 Å². The molecule has 1 fully saturated rings. The Balaban J connectivity index is 1.83. The van der Waals surface area contributed by atoms with Gasteiger partial charge in [-0.05, 0) is 36.2 Å². The summed E-state index contributed by atoms with van der Waals surface area (Å²) >= 11 is 14.2. The number of aliphatic imine (C=N–C) groups is 1. The van der Waals surface area contributed by atoms with Crippen molar-refractivity contribution in [3.05, 3.63) is 57.8 Å². The number of amidine groups is 1. The number of fused-ring (bicyclic) bond motifs is 1. The second-order valence-electron chi connectivity index (χ2n) is 6.17. The average Bonchev–Trinajstić information content (AvgIpc) is 3.18. The normalized spacial score (nSPS) is 25.2. The third-order valence-electron chi connectivity index (χ3n) is 4.71. The minimum absolute atomic E-state index is 0.0274. The summed E-state index contributed by atoms with van der Waals surface area (Å²) in [5, 5.41) is 11.5. The van der Waals surface area contributed by atoms with E-state index in [-0.39, 0.29) is 27.9 Å². The lowest BCUT2D eigenvalue weighted by Gasteiger charge is -2.32. The van der Waals surface area contributed by atoms with Gasteiger partial charge < -0.3 is 10.0 Å². The number of phenolic OH excluding ortho intramolecular Hbond substituents is 1. The van der Waals surface area contributed by atoms with Crippen molar-refractivity contribution < 1.29 is 5.11 Å². The van der Waals surface area contributed by atoms with Crippen molar-refractivity contribution in [2.24, 2.45) is 4.99 Å². The number of hydrogen-bond donors (Lipinski definition) is 1. The molecular formula is C18H17Cl2N3OS. The van der Waals surface area contributed by atoms with Gasteiger partial charge in [-0.25, -0.2) is 0 Å². The Bertz CT molecular complexity index is 807. The van der Waals surface area contributed by atoms with E-state index < -0.39 is 0 Å². The zero-order valence-electron chi connectivity index (χ0n) is 13.6. The molecule has 3 heterocycles. The zero-order valence-corrected chi connectivity index (χ0v) is 15.9. The van der Waals surface area contributed by atoms with Crippen molar-refractivity contribution in [3.8, 4) is 5.75 Å². The predicted molar refractivity (Wildman–Crippen MR) is 104 cm³/mol. The molecule has 2 aliphatic heterocycles. The molecule has 1 N–H and O–H groups in total. The van der Waals surface area contributed by atoms with Gasteiger partial charge in [-0.15, -0.1) is 0 Å². The van der Waals surface area contributed by atoms with Crippen LogP contribution in [0.4, 0.5) is 0 Å². The van der Waals surface area contributed by atoms with Crippen molar-refractivity contribution >= 4 is 40.1 Å². The first-order valence-corrected chi connectivity index (χ1v) is 9.92. The number of pyridine rings is 1. The van der Waals surface area contributed by atoms with Gasteiger partial charge in [0.25, 0.3) is 0 Å². The largest absolute Gasteiger partial charge is 0.505 e. The lowest BCUT2D eigenvalue weighted by Crippen LogP contribution is -2.35. The van der Waals surface area contributed by atoms with E-state index >= 15 is 0 Å². The molecule has 4 rings (SSSR count). The molecule has 7 heteroatoms. The molecule has 130 valence electrons. The molecule has 0 bridgehead atoms. The monoisotopic (exact) mass is 393 g/mol. The quantitative estimate of drug-likeness (QED) is 0.790. The highest BCUT2D eigenvalue weighted by molar-refractivity contribution is 8.14. The van der Waals surface area contributed by atoms with Crippen LogP contribution >= 0.6 is 35.0 Å². The first-order chi connectivity index (χ1) is 12.1. The van der Waals surface area contributed by atoms with Crippen molar-refractivity contribution in [1.82, 2.24) is 9.88 Å². The van der Waals surface area contributed by atoms with Crippen molar-refractivity contribution in [1.29, 1.82) is 0 Å². The van der Waals surface area contributed by atoms with E-state index in [4.69, 9.17) is 28.2 Å². The van der Waals surface area contributed by atoms with E-state index in [1.807, 2.05) is 18.2 Å². The van der Waals surface area contributed by atoms with Crippen LogP contribution in [0.5, 0.6) is 5.75 Å². The summed E-state index contributed by atoms with van der Waals surface area (Å²) in [4.78, 5) is 11.8. The van der Waals surface area contributed by atoms with Gasteiger partial charge in [0, 0.05) is 18.0 Å². The van der Waals surface area contributed by atoms with Crippen molar-refractivity contribution in [3.63, 3.8) is 0 Å². The van der Waals surface area contributed by atoms with Crippen LogP contribution in [-0.4, -0.2) is 32.0 Å². The van der Waals surface area contributed by atoms with Crippen LogP contribution in [0.15, 0.2) is 41.5 Å². The molecule has 0 spiro atoms. The first kappa shape index (κ1) is 17.0. The summed E-state index contributed by atoms with van der Waals surface area (Å²) in [5.74, 6) is 0.948. The number of aromatic nitrogens is 1. The SMILES string of the molecule is CC[C@@H]1CSC2=N[C@H](c3ccccn3)[C@@H](c3cc(Cl)c(O)c(Cl)c3)N21. The summed E-state index contributed by atoms with van der Waals surface area (Å²) in [5.41, 5.74) is 1.87. The van der Waals surface area contributed by atoms with Crippen LogP contribution in [0.2, 0.25) is 10.0 Å². The van der Waals surface area contributed by atoms with E-state index in [2.05, 4.69) is 16.8 Å². The average molecular weight is 394 g/mol. The topological polar surface area (TPSA) is 48.7 Å². The fraction of sp³-hybridized carbons (Fsp3) is 0.333. The highest BCUT2D eigenvalue weighted by Gasteiger charge is 2.45. The molecule has 1 aromatic carbocycles. The standard InChI is InChI=1S/C18H17Cl2N3OS/c1-2-11-9-25-18-22-15(14-5-3-4-6-21-14)16(23(11)18)10-7-12(19)17(24)13(20)8-10/h3-8,11,15-16,24H,2,9H2,1H3/t11-,15-,16-/m1/s1. The maximum absolute atomic E-state index is 9.92. The van der Waals surface area contributed by atoms with Gasteiger partial charge in [0.15, 0.2) is 10.9 Å². The van der Waals surface area contributed by atoms with Gasteiger partial charge >= 0.3 is 0 Å². The predicted octanol–water partition coefficient (Wildman–Crippen LogP) is 5.07.